The Morgan fingerprint density at radius 1 is 0.800 bits per heavy atom. The number of alkyl halides is 6. The molecule has 0 aromatic heterocycles. The topological polar surface area (TPSA) is 74.6 Å². The summed E-state index contributed by atoms with van der Waals surface area (Å²) in [6, 6.07) is 0. The van der Waals surface area contributed by atoms with Gasteiger partial charge in [-0.05, 0) is 0 Å². The highest BCUT2D eigenvalue weighted by Gasteiger charge is 2.79. The van der Waals surface area contributed by atoms with Crippen LogP contribution >= 0.6 is 0 Å². The molecule has 15 heavy (non-hydrogen) atoms. The Balaban J connectivity index is 5.68. The highest BCUT2D eigenvalue weighted by atomic mass is 19.4. The predicted octanol–water partition coefficient (Wildman–Crippen LogP) is 1.06. The van der Waals surface area contributed by atoms with Gasteiger partial charge in [0.2, 0.25) is 0 Å². The first-order valence-electron chi connectivity index (χ1n) is 2.99. The van der Waals surface area contributed by atoms with E-state index in [9.17, 15) is 35.9 Å². The second-order valence-corrected chi connectivity index (χ2v) is 2.34. The van der Waals surface area contributed by atoms with E-state index >= 15 is 0 Å². The predicted molar refractivity (Wildman–Crippen MR) is 30.1 cm³/mol. The maximum Gasteiger partial charge on any atom is 0.458 e. The van der Waals surface area contributed by atoms with E-state index in [-0.39, 0.29) is 0 Å². The van der Waals surface area contributed by atoms with E-state index in [0.29, 0.717) is 0 Å². The fraction of sp³-hybridized carbons (Fsp3) is 0.600. The quantitative estimate of drug-likeness (QED) is 0.571. The third kappa shape index (κ3) is 1.70. The number of carboxylic acids is 2. The van der Waals surface area contributed by atoms with Crippen molar-refractivity contribution in [1.82, 2.24) is 0 Å². The van der Waals surface area contributed by atoms with Crippen LogP contribution in [0.15, 0.2) is 0 Å². The molecule has 0 aliphatic heterocycles. The zero-order chi connectivity index (χ0) is 12.7. The zero-order valence-electron chi connectivity index (χ0n) is 6.48. The van der Waals surface area contributed by atoms with Gasteiger partial charge in [-0.25, -0.2) is 14.0 Å². The van der Waals surface area contributed by atoms with Crippen LogP contribution in [0.5, 0.6) is 0 Å². The summed E-state index contributed by atoms with van der Waals surface area (Å²) in [5, 5.41) is 15.5. The molecule has 0 aromatic rings. The SMILES string of the molecule is O=C(O)C(F)(C(=O)O)C(F)(F)C(F)(F)F. The molecule has 0 amide bonds. The summed E-state index contributed by atoms with van der Waals surface area (Å²) in [6.07, 6.45) is -6.63. The van der Waals surface area contributed by atoms with Gasteiger partial charge in [0.05, 0.1) is 0 Å². The molecule has 0 fully saturated rings. The summed E-state index contributed by atoms with van der Waals surface area (Å²) in [6.45, 7) is 0. The number of rotatable bonds is 3. The third-order valence-electron chi connectivity index (χ3n) is 1.38. The molecule has 0 aliphatic rings. The summed E-state index contributed by atoms with van der Waals surface area (Å²) in [4.78, 5) is 19.6. The van der Waals surface area contributed by atoms with Gasteiger partial charge in [0.15, 0.2) is 0 Å². The molecule has 0 rings (SSSR count). The van der Waals surface area contributed by atoms with Crippen molar-refractivity contribution in [2.45, 2.75) is 17.8 Å². The number of carbonyl (C=O) groups is 2. The van der Waals surface area contributed by atoms with Crippen LogP contribution in [-0.4, -0.2) is 39.9 Å². The second-order valence-electron chi connectivity index (χ2n) is 2.34. The summed E-state index contributed by atoms with van der Waals surface area (Å²) in [5.74, 6) is -13.4. The van der Waals surface area contributed by atoms with Crippen molar-refractivity contribution in [1.29, 1.82) is 0 Å². The van der Waals surface area contributed by atoms with Gasteiger partial charge in [-0.15, -0.1) is 0 Å². The number of aliphatic carboxylic acids is 2. The van der Waals surface area contributed by atoms with E-state index in [0.717, 1.165) is 0 Å². The molecule has 10 heteroatoms. The van der Waals surface area contributed by atoms with Crippen LogP contribution in [-0.2, 0) is 9.59 Å². The Hall–Kier alpha value is -1.48. The molecule has 0 atom stereocenters. The Bertz CT molecular complexity index is 280. The zero-order valence-corrected chi connectivity index (χ0v) is 6.48. The van der Waals surface area contributed by atoms with Gasteiger partial charge < -0.3 is 10.2 Å². The van der Waals surface area contributed by atoms with E-state index in [1.165, 1.54) is 0 Å². The average Bonchev–Trinajstić information content (AvgIpc) is 1.99. The van der Waals surface area contributed by atoms with Crippen molar-refractivity contribution >= 4 is 11.9 Å². The lowest BCUT2D eigenvalue weighted by molar-refractivity contribution is -0.320. The van der Waals surface area contributed by atoms with Crippen molar-refractivity contribution in [3.63, 3.8) is 0 Å². The normalized spacial score (nSPS) is 13.7. The summed E-state index contributed by atoms with van der Waals surface area (Å²) in [7, 11) is 0. The van der Waals surface area contributed by atoms with E-state index in [4.69, 9.17) is 10.2 Å². The van der Waals surface area contributed by atoms with Crippen LogP contribution in [0, 0.1) is 0 Å². The van der Waals surface area contributed by atoms with Crippen LogP contribution in [0.2, 0.25) is 0 Å². The van der Waals surface area contributed by atoms with Crippen LogP contribution in [0.4, 0.5) is 26.3 Å². The smallest absolute Gasteiger partial charge is 0.458 e. The molecule has 0 aromatic carbocycles. The lowest BCUT2D eigenvalue weighted by Gasteiger charge is -2.27. The highest BCUT2D eigenvalue weighted by molar-refractivity contribution is 6.03. The summed E-state index contributed by atoms with van der Waals surface area (Å²) in [5.41, 5.74) is -5.74. The molecule has 2 N–H and O–H groups in total. The Morgan fingerprint density at radius 3 is 1.13 bits per heavy atom. The molecule has 0 heterocycles. The largest absolute Gasteiger partial charge is 0.478 e. The standard InChI is InChI=1S/C5H2F6O4/c6-3(1(12)13,2(14)15)4(7,8)5(9,10)11/h(H,12,13)(H,14,15). The minimum Gasteiger partial charge on any atom is -0.478 e. The van der Waals surface area contributed by atoms with Gasteiger partial charge in [0, 0.05) is 0 Å². The van der Waals surface area contributed by atoms with Crippen molar-refractivity contribution in [2.75, 3.05) is 0 Å². The van der Waals surface area contributed by atoms with E-state index in [2.05, 4.69) is 0 Å². The number of carboxylic acid groups (broad SMARTS) is 2. The minimum absolute atomic E-state index is 3.43. The lowest BCUT2D eigenvalue weighted by Crippen LogP contribution is -2.63. The fourth-order valence-electron chi connectivity index (χ4n) is 0.555. The maximum absolute atomic E-state index is 12.6. The van der Waals surface area contributed by atoms with Crippen molar-refractivity contribution in [2.24, 2.45) is 0 Å². The minimum atomic E-state index is -6.63. The molecule has 0 spiro atoms. The molecular formula is C5H2F6O4. The molecular weight excluding hydrogens is 238 g/mol. The molecule has 0 bridgehead atoms. The van der Waals surface area contributed by atoms with Gasteiger partial charge in [0.25, 0.3) is 0 Å². The molecule has 0 aliphatic carbocycles. The highest BCUT2D eigenvalue weighted by Crippen LogP contribution is 2.45. The second kappa shape index (κ2) is 3.28. The van der Waals surface area contributed by atoms with Crippen molar-refractivity contribution < 1.29 is 46.1 Å². The van der Waals surface area contributed by atoms with Crippen LogP contribution < -0.4 is 0 Å². The van der Waals surface area contributed by atoms with E-state index in [1.807, 2.05) is 0 Å². The number of hydrogen-bond donors (Lipinski definition) is 2. The van der Waals surface area contributed by atoms with Crippen LogP contribution in [0.25, 0.3) is 0 Å². The molecule has 0 unspecified atom stereocenters. The van der Waals surface area contributed by atoms with Gasteiger partial charge in [-0.3, -0.25) is 0 Å². The van der Waals surface area contributed by atoms with Crippen molar-refractivity contribution in [3.05, 3.63) is 0 Å². The summed E-state index contributed by atoms with van der Waals surface area (Å²) >= 11 is 0. The first-order chi connectivity index (χ1) is 6.39. The molecule has 4 nitrogen and oxygen atoms in total. The first kappa shape index (κ1) is 13.5. The van der Waals surface area contributed by atoms with E-state index < -0.39 is 29.7 Å². The maximum atomic E-state index is 12.6. The van der Waals surface area contributed by atoms with Gasteiger partial charge >= 0.3 is 29.7 Å². The Labute approximate surface area is 77.1 Å². The van der Waals surface area contributed by atoms with E-state index in [1.54, 1.807) is 0 Å². The fourth-order valence-corrected chi connectivity index (χ4v) is 0.555. The molecule has 0 saturated carbocycles. The van der Waals surface area contributed by atoms with Crippen LogP contribution in [0.3, 0.4) is 0 Å². The molecule has 0 saturated heterocycles. The Kier molecular flexibility index (Phi) is 2.95. The Morgan fingerprint density at radius 2 is 1.07 bits per heavy atom. The number of hydrogen-bond acceptors (Lipinski definition) is 2. The van der Waals surface area contributed by atoms with Gasteiger partial charge in [-0.1, -0.05) is 0 Å². The molecule has 88 valence electrons. The lowest BCUT2D eigenvalue weighted by atomic mass is 9.97. The molecule has 0 radical (unpaired) electrons. The summed E-state index contributed by atoms with van der Waals surface area (Å²) < 4.78 is 71.7. The van der Waals surface area contributed by atoms with Crippen molar-refractivity contribution in [3.8, 4) is 0 Å². The van der Waals surface area contributed by atoms with Gasteiger partial charge in [0.1, 0.15) is 0 Å². The number of halogens is 6. The first-order valence-corrected chi connectivity index (χ1v) is 2.99. The van der Waals surface area contributed by atoms with Crippen LogP contribution in [0.1, 0.15) is 0 Å². The monoisotopic (exact) mass is 240 g/mol. The third-order valence-corrected chi connectivity index (χ3v) is 1.38. The average molecular weight is 240 g/mol. The van der Waals surface area contributed by atoms with Gasteiger partial charge in [-0.2, -0.15) is 22.0 Å².